The van der Waals surface area contributed by atoms with Gasteiger partial charge in [0, 0.05) is 5.56 Å². The summed E-state index contributed by atoms with van der Waals surface area (Å²) in [5.74, 6) is -0.649. The molecule has 3 aromatic rings. The zero-order valence-electron chi connectivity index (χ0n) is 16.4. The van der Waals surface area contributed by atoms with Crippen LogP contribution in [0.15, 0.2) is 60.0 Å². The van der Waals surface area contributed by atoms with Gasteiger partial charge in [-0.2, -0.15) is 0 Å². The molecule has 1 amide bonds. The first-order valence-corrected chi connectivity index (χ1v) is 9.27. The van der Waals surface area contributed by atoms with Crippen molar-refractivity contribution in [2.45, 2.75) is 26.1 Å². The maximum atomic E-state index is 12.3. The number of alkyl halides is 3. The van der Waals surface area contributed by atoms with Crippen molar-refractivity contribution in [1.82, 2.24) is 19.7 Å². The van der Waals surface area contributed by atoms with E-state index in [1.54, 1.807) is 0 Å². The molecule has 0 saturated carbocycles. The normalized spacial score (nSPS) is 12.1. The lowest BCUT2D eigenvalue weighted by Gasteiger charge is -2.09. The van der Waals surface area contributed by atoms with E-state index in [1.165, 1.54) is 35.3 Å². The third kappa shape index (κ3) is 5.83. The SMILES string of the molecule is CCC(Cc1ccc(-c2ncn(-c3ccc(OC(F)(F)F)cc3)n2)cc1)C(=O)N=[N+]=N. The summed E-state index contributed by atoms with van der Waals surface area (Å²) in [5.41, 5.74) is 8.87. The third-order valence-electron chi connectivity index (χ3n) is 4.51. The van der Waals surface area contributed by atoms with Crippen LogP contribution in [-0.2, 0) is 11.2 Å². The predicted molar refractivity (Wildman–Crippen MR) is 103 cm³/mol. The van der Waals surface area contributed by atoms with E-state index in [0.717, 1.165) is 11.1 Å². The second kappa shape index (κ2) is 9.31. The average Bonchev–Trinajstić information content (AvgIpc) is 3.22. The van der Waals surface area contributed by atoms with Crippen molar-refractivity contribution in [3.8, 4) is 22.8 Å². The first-order chi connectivity index (χ1) is 14.8. The lowest BCUT2D eigenvalue weighted by Crippen LogP contribution is -2.17. The van der Waals surface area contributed by atoms with Crippen molar-refractivity contribution >= 4 is 5.91 Å². The van der Waals surface area contributed by atoms with E-state index in [0.29, 0.717) is 24.4 Å². The van der Waals surface area contributed by atoms with Gasteiger partial charge in [-0.3, -0.25) is 4.79 Å². The monoisotopic (exact) mass is 431 g/mol. The lowest BCUT2D eigenvalue weighted by atomic mass is 9.96. The van der Waals surface area contributed by atoms with Gasteiger partial charge in [0.05, 0.1) is 11.6 Å². The van der Waals surface area contributed by atoms with Crippen molar-refractivity contribution in [3.05, 3.63) is 60.4 Å². The smallest absolute Gasteiger partial charge is 0.406 e. The summed E-state index contributed by atoms with van der Waals surface area (Å²) in [7, 11) is 0. The number of amides is 1. The van der Waals surface area contributed by atoms with Crippen LogP contribution >= 0.6 is 0 Å². The molecule has 2 aromatic carbocycles. The quantitative estimate of drug-likeness (QED) is 0.440. The molecule has 1 N–H and O–H groups in total. The minimum Gasteiger partial charge on any atom is -0.406 e. The number of rotatable bonds is 7. The van der Waals surface area contributed by atoms with Gasteiger partial charge in [0.15, 0.2) is 10.9 Å². The maximum absolute atomic E-state index is 12.3. The Bertz CT molecular complexity index is 1090. The molecule has 11 heteroatoms. The highest BCUT2D eigenvalue weighted by molar-refractivity contribution is 5.79. The van der Waals surface area contributed by atoms with Gasteiger partial charge < -0.3 is 4.74 Å². The molecule has 1 unspecified atom stereocenters. The topological polar surface area (TPSA) is 107 Å². The Morgan fingerprint density at radius 2 is 1.87 bits per heavy atom. The summed E-state index contributed by atoms with van der Waals surface area (Å²) in [6.45, 7) is 1.87. The fraction of sp³-hybridized carbons (Fsp3) is 0.250. The number of nitrogens with zero attached hydrogens (tertiary/aromatic N) is 5. The fourth-order valence-corrected chi connectivity index (χ4v) is 2.93. The number of aromatic nitrogens is 3. The molecule has 1 heterocycles. The number of benzene rings is 2. The minimum absolute atomic E-state index is 0.319. The van der Waals surface area contributed by atoms with Crippen LogP contribution < -0.4 is 9.65 Å². The summed E-state index contributed by atoms with van der Waals surface area (Å²) in [4.78, 5) is 18.9. The van der Waals surface area contributed by atoms with Gasteiger partial charge in [-0.05, 0) is 42.7 Å². The Hall–Kier alpha value is -3.85. The molecule has 0 aliphatic carbocycles. The van der Waals surface area contributed by atoms with Gasteiger partial charge in [0.2, 0.25) is 4.91 Å². The minimum atomic E-state index is -4.75. The van der Waals surface area contributed by atoms with Gasteiger partial charge in [-0.15, -0.1) is 18.3 Å². The molecule has 0 bridgehead atoms. The van der Waals surface area contributed by atoms with Crippen molar-refractivity contribution in [3.63, 3.8) is 0 Å². The van der Waals surface area contributed by atoms with E-state index in [-0.39, 0.29) is 11.7 Å². The maximum Gasteiger partial charge on any atom is 0.573 e. The van der Waals surface area contributed by atoms with Crippen LogP contribution in [-0.4, -0.2) is 27.0 Å². The Labute approximate surface area is 174 Å². The molecule has 3 rings (SSSR count). The van der Waals surface area contributed by atoms with E-state index in [2.05, 4.69) is 24.8 Å². The molecule has 1 atom stereocenters. The second-order valence-electron chi connectivity index (χ2n) is 6.60. The summed E-state index contributed by atoms with van der Waals surface area (Å²) < 4.78 is 42.1. The molecule has 8 nitrogen and oxygen atoms in total. The van der Waals surface area contributed by atoms with Crippen LogP contribution in [0.2, 0.25) is 0 Å². The van der Waals surface area contributed by atoms with Crippen molar-refractivity contribution in [2.24, 2.45) is 11.0 Å². The summed E-state index contributed by atoms with van der Waals surface area (Å²) >= 11 is 0. The van der Waals surface area contributed by atoms with E-state index in [9.17, 15) is 18.0 Å². The standard InChI is InChI=1S/C20H18F3N6O2/c1-2-14(19(30)26-28-24)11-13-3-5-15(6-4-13)18-25-12-29(27-18)16-7-9-17(10-8-16)31-20(21,22)23/h3-10,12,14,24H,2,11H2,1H3/q+1. The zero-order chi connectivity index (χ0) is 22.4. The Kier molecular flexibility index (Phi) is 6.56. The Morgan fingerprint density at radius 1 is 1.19 bits per heavy atom. The molecule has 1 aromatic heterocycles. The number of halogens is 3. The zero-order valence-corrected chi connectivity index (χ0v) is 16.4. The fourth-order valence-electron chi connectivity index (χ4n) is 2.93. The van der Waals surface area contributed by atoms with Crippen molar-refractivity contribution in [1.29, 1.82) is 5.53 Å². The van der Waals surface area contributed by atoms with E-state index >= 15 is 0 Å². The van der Waals surface area contributed by atoms with Crippen LogP contribution in [0.25, 0.3) is 17.1 Å². The predicted octanol–water partition coefficient (Wildman–Crippen LogP) is 4.48. The second-order valence-corrected chi connectivity index (χ2v) is 6.60. The van der Waals surface area contributed by atoms with Gasteiger partial charge in [-0.1, -0.05) is 31.2 Å². The highest BCUT2D eigenvalue weighted by Gasteiger charge is 2.31. The van der Waals surface area contributed by atoms with Gasteiger partial charge in [-0.25, -0.2) is 9.67 Å². The molecule has 0 fully saturated rings. The van der Waals surface area contributed by atoms with Crippen LogP contribution in [0.3, 0.4) is 0 Å². The molecule has 0 aliphatic heterocycles. The molecule has 160 valence electrons. The number of carbonyl (C=O) groups is 1. The number of carbonyl (C=O) groups excluding carboxylic acids is 1. The molecule has 31 heavy (non-hydrogen) atoms. The van der Waals surface area contributed by atoms with E-state index in [1.807, 2.05) is 31.2 Å². The third-order valence-corrected chi connectivity index (χ3v) is 4.51. The van der Waals surface area contributed by atoms with Crippen LogP contribution in [0.1, 0.15) is 18.9 Å². The molecule has 0 spiro atoms. The van der Waals surface area contributed by atoms with E-state index in [4.69, 9.17) is 5.53 Å². The van der Waals surface area contributed by atoms with Crippen molar-refractivity contribution in [2.75, 3.05) is 0 Å². The Balaban J connectivity index is 1.71. The molecule has 0 radical (unpaired) electrons. The van der Waals surface area contributed by atoms with Gasteiger partial charge in [0.25, 0.3) is 0 Å². The van der Waals surface area contributed by atoms with Crippen molar-refractivity contribution < 1.29 is 22.7 Å². The summed E-state index contributed by atoms with van der Waals surface area (Å²) in [5, 5.41) is 7.63. The first-order valence-electron chi connectivity index (χ1n) is 9.27. The molecule has 0 saturated heterocycles. The number of hydrogen-bond acceptors (Lipinski definition) is 5. The number of nitrogens with one attached hydrogen (secondary N) is 1. The lowest BCUT2D eigenvalue weighted by molar-refractivity contribution is -0.274. The average molecular weight is 431 g/mol. The van der Waals surface area contributed by atoms with Crippen LogP contribution in [0.4, 0.5) is 13.2 Å². The van der Waals surface area contributed by atoms with Crippen LogP contribution in [0, 0.1) is 11.4 Å². The number of hydrogen-bond donors (Lipinski definition) is 1. The summed E-state index contributed by atoms with van der Waals surface area (Å²) in [6, 6.07) is 12.6. The van der Waals surface area contributed by atoms with Crippen LogP contribution in [0.5, 0.6) is 5.75 Å². The Morgan fingerprint density at radius 3 is 2.45 bits per heavy atom. The number of ether oxygens (including phenoxy) is 1. The summed E-state index contributed by atoms with van der Waals surface area (Å²) in [6.07, 6.45) is -2.23. The first kappa shape index (κ1) is 21.8. The highest BCUT2D eigenvalue weighted by atomic mass is 19.4. The van der Waals surface area contributed by atoms with Gasteiger partial charge >= 0.3 is 12.3 Å². The molecular weight excluding hydrogens is 413 g/mol. The largest absolute Gasteiger partial charge is 0.573 e. The highest BCUT2D eigenvalue weighted by Crippen LogP contribution is 2.24. The molecule has 0 aliphatic rings. The van der Waals surface area contributed by atoms with Gasteiger partial charge in [0.1, 0.15) is 17.6 Å². The van der Waals surface area contributed by atoms with E-state index < -0.39 is 12.3 Å². The molecular formula is C20H18F3N6O2+.